The predicted octanol–water partition coefficient (Wildman–Crippen LogP) is 4.60. The molecule has 2 aromatic rings. The zero-order chi connectivity index (χ0) is 20.7. The molecule has 1 heterocycles. The molecule has 4 rings (SSSR count). The lowest BCUT2D eigenvalue weighted by molar-refractivity contribution is -0.122. The van der Waals surface area contributed by atoms with Crippen LogP contribution < -0.4 is 10.2 Å². The Morgan fingerprint density at radius 2 is 1.90 bits per heavy atom. The molecule has 2 aromatic carbocycles. The van der Waals surface area contributed by atoms with Crippen molar-refractivity contribution in [2.45, 2.75) is 20.3 Å². The van der Waals surface area contributed by atoms with Crippen LogP contribution in [0.3, 0.4) is 0 Å². The van der Waals surface area contributed by atoms with Crippen molar-refractivity contribution in [2.24, 2.45) is 17.8 Å². The van der Waals surface area contributed by atoms with Gasteiger partial charge in [-0.25, -0.2) is 4.90 Å². The lowest BCUT2D eigenvalue weighted by atomic mass is 9.78. The number of benzene rings is 2. The minimum atomic E-state index is -0.396. The SMILES string of the molecule is Cc1ccc(Cl)cc1NC(=O)c1ccccc1N1C(=O)[C@@H]2[C@H](C)C=CC[C@H]2C1=O. The van der Waals surface area contributed by atoms with Crippen LogP contribution in [0.25, 0.3) is 0 Å². The fourth-order valence-corrected chi connectivity index (χ4v) is 4.34. The molecule has 0 spiro atoms. The molecule has 1 aliphatic heterocycles. The van der Waals surface area contributed by atoms with Crippen molar-refractivity contribution < 1.29 is 14.4 Å². The Hall–Kier alpha value is -2.92. The molecule has 3 amide bonds. The molecule has 0 unspecified atom stereocenters. The summed E-state index contributed by atoms with van der Waals surface area (Å²) in [7, 11) is 0. The number of anilines is 2. The van der Waals surface area contributed by atoms with Gasteiger partial charge in [-0.2, -0.15) is 0 Å². The van der Waals surface area contributed by atoms with Crippen molar-refractivity contribution in [2.75, 3.05) is 10.2 Å². The standard InChI is InChI=1S/C23H21ClN2O3/c1-13-10-11-15(24)12-18(13)25-21(27)16-7-3-4-9-19(16)26-22(28)17-8-5-6-14(2)20(17)23(26)29/h3-7,9-12,14,17,20H,8H2,1-2H3,(H,25,27)/t14-,17-,20-/m1/s1. The average Bonchev–Trinajstić information content (AvgIpc) is 2.96. The highest BCUT2D eigenvalue weighted by atomic mass is 35.5. The van der Waals surface area contributed by atoms with Crippen molar-refractivity contribution in [3.63, 3.8) is 0 Å². The maximum absolute atomic E-state index is 13.1. The van der Waals surface area contributed by atoms with Crippen molar-refractivity contribution in [1.82, 2.24) is 0 Å². The van der Waals surface area contributed by atoms with E-state index in [1.54, 1.807) is 36.4 Å². The first-order valence-corrected chi connectivity index (χ1v) is 9.97. The highest BCUT2D eigenvalue weighted by Gasteiger charge is 2.51. The summed E-state index contributed by atoms with van der Waals surface area (Å²) in [6.45, 7) is 3.81. The fourth-order valence-electron chi connectivity index (χ4n) is 4.16. The van der Waals surface area contributed by atoms with E-state index in [-0.39, 0.29) is 35.1 Å². The van der Waals surface area contributed by atoms with E-state index in [0.29, 0.717) is 22.8 Å². The maximum atomic E-state index is 13.1. The van der Waals surface area contributed by atoms with Gasteiger partial charge in [0.15, 0.2) is 0 Å². The van der Waals surface area contributed by atoms with Crippen LogP contribution in [0.15, 0.2) is 54.6 Å². The molecule has 0 aromatic heterocycles. The van der Waals surface area contributed by atoms with Gasteiger partial charge >= 0.3 is 0 Å². The van der Waals surface area contributed by atoms with E-state index < -0.39 is 5.91 Å². The molecular weight excluding hydrogens is 388 g/mol. The predicted molar refractivity (Wildman–Crippen MR) is 113 cm³/mol. The van der Waals surface area contributed by atoms with Crippen LogP contribution in [0.4, 0.5) is 11.4 Å². The second kappa shape index (κ2) is 7.48. The molecule has 1 aliphatic carbocycles. The molecule has 5 nitrogen and oxygen atoms in total. The fraction of sp³-hybridized carbons (Fsp3) is 0.261. The number of halogens is 1. The smallest absolute Gasteiger partial charge is 0.257 e. The first-order valence-electron chi connectivity index (χ1n) is 9.59. The van der Waals surface area contributed by atoms with Crippen molar-refractivity contribution >= 4 is 40.7 Å². The summed E-state index contributed by atoms with van der Waals surface area (Å²) >= 11 is 6.05. The molecule has 3 atom stereocenters. The minimum absolute atomic E-state index is 0.00898. The Balaban J connectivity index is 1.69. The third-order valence-corrected chi connectivity index (χ3v) is 5.95. The second-order valence-corrected chi connectivity index (χ2v) is 8.03. The van der Waals surface area contributed by atoms with Gasteiger partial charge in [0.1, 0.15) is 0 Å². The molecule has 2 aliphatic rings. The van der Waals surface area contributed by atoms with Crippen LogP contribution in [0.5, 0.6) is 0 Å². The van der Waals surface area contributed by atoms with Crippen molar-refractivity contribution in [3.8, 4) is 0 Å². The van der Waals surface area contributed by atoms with Gasteiger partial charge in [-0.1, -0.05) is 48.9 Å². The molecule has 1 fully saturated rings. The molecular formula is C23H21ClN2O3. The number of nitrogens with one attached hydrogen (secondary N) is 1. The van der Waals surface area contributed by atoms with E-state index in [9.17, 15) is 14.4 Å². The number of para-hydroxylation sites is 1. The normalized spacial score (nSPS) is 23.3. The number of fused-ring (bicyclic) bond motifs is 1. The summed E-state index contributed by atoms with van der Waals surface area (Å²) in [5.41, 5.74) is 2.04. The van der Waals surface area contributed by atoms with Gasteiger partial charge in [0.05, 0.1) is 23.1 Å². The Labute approximate surface area is 174 Å². The topological polar surface area (TPSA) is 66.5 Å². The number of hydrogen-bond donors (Lipinski definition) is 1. The third kappa shape index (κ3) is 3.36. The second-order valence-electron chi connectivity index (χ2n) is 7.60. The summed E-state index contributed by atoms with van der Waals surface area (Å²) in [4.78, 5) is 40.4. The minimum Gasteiger partial charge on any atom is -0.322 e. The zero-order valence-corrected chi connectivity index (χ0v) is 16.9. The number of aryl methyl sites for hydroxylation is 1. The van der Waals surface area contributed by atoms with E-state index in [2.05, 4.69) is 5.32 Å². The summed E-state index contributed by atoms with van der Waals surface area (Å²) in [5, 5.41) is 3.36. The lowest BCUT2D eigenvalue weighted by Gasteiger charge is -2.22. The number of nitrogens with zero attached hydrogens (tertiary/aromatic N) is 1. The molecule has 6 heteroatoms. The van der Waals surface area contributed by atoms with Crippen molar-refractivity contribution in [3.05, 3.63) is 70.8 Å². The van der Waals surface area contributed by atoms with Crippen LogP contribution in [0.2, 0.25) is 5.02 Å². The van der Waals surface area contributed by atoms with Gasteiger partial charge in [-0.15, -0.1) is 0 Å². The average molecular weight is 409 g/mol. The molecule has 0 radical (unpaired) electrons. The van der Waals surface area contributed by atoms with E-state index in [1.807, 2.05) is 32.1 Å². The number of allylic oxidation sites excluding steroid dienone is 2. The van der Waals surface area contributed by atoms with E-state index in [0.717, 1.165) is 5.56 Å². The third-order valence-electron chi connectivity index (χ3n) is 5.71. The van der Waals surface area contributed by atoms with E-state index >= 15 is 0 Å². The highest BCUT2D eigenvalue weighted by molar-refractivity contribution is 6.31. The zero-order valence-electron chi connectivity index (χ0n) is 16.2. The van der Waals surface area contributed by atoms with E-state index in [4.69, 9.17) is 11.6 Å². The largest absolute Gasteiger partial charge is 0.322 e. The van der Waals surface area contributed by atoms with Crippen LogP contribution in [0.1, 0.15) is 29.3 Å². The summed E-state index contributed by atoms with van der Waals surface area (Å²) in [5.74, 6) is -1.63. The van der Waals surface area contributed by atoms with Gasteiger partial charge in [-0.3, -0.25) is 14.4 Å². The molecule has 1 N–H and O–H groups in total. The van der Waals surface area contributed by atoms with Crippen molar-refractivity contribution in [1.29, 1.82) is 0 Å². The van der Waals surface area contributed by atoms with Gasteiger partial charge < -0.3 is 5.32 Å². The summed E-state index contributed by atoms with van der Waals surface area (Å²) in [6, 6.07) is 11.9. The number of carbonyl (C=O) groups is 3. The highest BCUT2D eigenvalue weighted by Crippen LogP contribution is 2.41. The number of imide groups is 1. The molecule has 0 saturated carbocycles. The van der Waals surface area contributed by atoms with Crippen LogP contribution in [-0.4, -0.2) is 17.7 Å². The van der Waals surface area contributed by atoms with Gasteiger partial charge in [-0.05, 0) is 49.1 Å². The number of rotatable bonds is 3. The molecule has 148 valence electrons. The summed E-state index contributed by atoms with van der Waals surface area (Å²) < 4.78 is 0. The van der Waals surface area contributed by atoms with Crippen LogP contribution >= 0.6 is 11.6 Å². The number of amides is 3. The molecule has 0 bridgehead atoms. The van der Waals surface area contributed by atoms with Crippen LogP contribution in [-0.2, 0) is 9.59 Å². The quantitative estimate of drug-likeness (QED) is 0.596. The van der Waals surface area contributed by atoms with Gasteiger partial charge in [0, 0.05) is 10.7 Å². The lowest BCUT2D eigenvalue weighted by Crippen LogP contribution is -2.33. The van der Waals surface area contributed by atoms with Gasteiger partial charge in [0.2, 0.25) is 11.8 Å². The number of hydrogen-bond acceptors (Lipinski definition) is 3. The maximum Gasteiger partial charge on any atom is 0.257 e. The van der Waals surface area contributed by atoms with Crippen LogP contribution in [0, 0.1) is 24.7 Å². The number of carbonyl (C=O) groups excluding carboxylic acids is 3. The summed E-state index contributed by atoms with van der Waals surface area (Å²) in [6.07, 6.45) is 4.49. The first-order chi connectivity index (χ1) is 13.9. The Bertz CT molecular complexity index is 1050. The first kappa shape index (κ1) is 19.4. The van der Waals surface area contributed by atoms with Gasteiger partial charge in [0.25, 0.3) is 5.91 Å². The monoisotopic (exact) mass is 408 g/mol. The Kier molecular flexibility index (Phi) is 5.01. The Morgan fingerprint density at radius 1 is 1.14 bits per heavy atom. The Morgan fingerprint density at radius 3 is 2.66 bits per heavy atom. The molecule has 1 saturated heterocycles. The van der Waals surface area contributed by atoms with E-state index in [1.165, 1.54) is 4.90 Å². The molecule has 29 heavy (non-hydrogen) atoms.